The van der Waals surface area contributed by atoms with Crippen molar-refractivity contribution in [2.45, 2.75) is 31.5 Å². The Balaban J connectivity index is 2.10. The average Bonchev–Trinajstić information content (AvgIpc) is 2.46. The summed E-state index contributed by atoms with van der Waals surface area (Å²) in [4.78, 5) is 7.93. The van der Waals surface area contributed by atoms with Gasteiger partial charge in [0.2, 0.25) is 0 Å². The number of hydrogen-bond acceptors (Lipinski definition) is 5. The Hall–Kier alpha value is -1.99. The van der Waals surface area contributed by atoms with Crippen LogP contribution < -0.4 is 10.0 Å². The molecule has 0 aliphatic heterocycles. The molecule has 2 rings (SSSR count). The van der Waals surface area contributed by atoms with E-state index >= 15 is 0 Å². The third-order valence-electron chi connectivity index (χ3n) is 2.69. The van der Waals surface area contributed by atoms with Gasteiger partial charge in [-0.3, -0.25) is 4.72 Å². The van der Waals surface area contributed by atoms with Crippen LogP contribution in [0.3, 0.4) is 0 Å². The molecule has 0 bridgehead atoms. The van der Waals surface area contributed by atoms with E-state index in [1.807, 2.05) is 13.8 Å². The van der Waals surface area contributed by atoms with Crippen molar-refractivity contribution in [1.29, 1.82) is 0 Å². The number of rotatable bonds is 6. The van der Waals surface area contributed by atoms with Gasteiger partial charge < -0.3 is 5.32 Å². The van der Waals surface area contributed by atoms with E-state index in [1.54, 1.807) is 30.5 Å². The van der Waals surface area contributed by atoms with Crippen LogP contribution in [0.2, 0.25) is 0 Å². The van der Waals surface area contributed by atoms with Gasteiger partial charge >= 0.3 is 0 Å². The average molecular weight is 306 g/mol. The molecule has 2 aromatic rings. The van der Waals surface area contributed by atoms with Gasteiger partial charge in [-0.25, -0.2) is 9.97 Å². The number of aromatic nitrogens is 2. The summed E-state index contributed by atoms with van der Waals surface area (Å²) in [5, 5.41) is 3.22. The van der Waals surface area contributed by atoms with E-state index in [4.69, 9.17) is 0 Å². The molecular formula is C14H18N4O2S. The van der Waals surface area contributed by atoms with E-state index in [9.17, 15) is 8.42 Å². The van der Waals surface area contributed by atoms with Gasteiger partial charge in [0.15, 0.2) is 5.03 Å². The highest BCUT2D eigenvalue weighted by Gasteiger charge is 2.16. The lowest BCUT2D eigenvalue weighted by Gasteiger charge is -2.09. The lowest BCUT2D eigenvalue weighted by molar-refractivity contribution is 0.585. The molecule has 0 radical (unpaired) electrons. The number of hydrogen-bond donors (Lipinski definition) is 2. The van der Waals surface area contributed by atoms with Gasteiger partial charge in [0.1, 0.15) is 5.82 Å². The highest BCUT2D eigenvalue weighted by Crippen LogP contribution is 2.12. The predicted molar refractivity (Wildman–Crippen MR) is 81.3 cm³/mol. The van der Waals surface area contributed by atoms with Crippen molar-refractivity contribution < 1.29 is 8.42 Å². The molecule has 2 heterocycles. The monoisotopic (exact) mass is 306 g/mol. The quantitative estimate of drug-likeness (QED) is 0.850. The SMILES string of the molecule is CC(C)NCc1ccc(S(=O)(=O)Nc2ccccn2)nc1. The molecule has 0 saturated heterocycles. The second kappa shape index (κ2) is 6.64. The molecule has 0 saturated carbocycles. The van der Waals surface area contributed by atoms with E-state index in [1.165, 1.54) is 12.3 Å². The molecule has 2 N–H and O–H groups in total. The largest absolute Gasteiger partial charge is 0.310 e. The number of sulfonamides is 1. The van der Waals surface area contributed by atoms with Gasteiger partial charge in [0.05, 0.1) is 0 Å². The lowest BCUT2D eigenvalue weighted by atomic mass is 10.2. The molecule has 0 unspecified atom stereocenters. The molecule has 0 aliphatic rings. The number of pyridine rings is 2. The summed E-state index contributed by atoms with van der Waals surface area (Å²) in [6, 6.07) is 8.60. The van der Waals surface area contributed by atoms with Gasteiger partial charge in [-0.05, 0) is 23.8 Å². The minimum absolute atomic E-state index is 0.0264. The van der Waals surface area contributed by atoms with Crippen molar-refractivity contribution >= 4 is 15.8 Å². The molecule has 0 aliphatic carbocycles. The van der Waals surface area contributed by atoms with Crippen molar-refractivity contribution in [3.63, 3.8) is 0 Å². The molecule has 0 atom stereocenters. The topological polar surface area (TPSA) is 84.0 Å². The zero-order valence-electron chi connectivity index (χ0n) is 11.9. The maximum Gasteiger partial charge on any atom is 0.280 e. The van der Waals surface area contributed by atoms with Crippen LogP contribution in [-0.2, 0) is 16.6 Å². The number of nitrogens with zero attached hydrogens (tertiary/aromatic N) is 2. The molecule has 0 aromatic carbocycles. The van der Waals surface area contributed by atoms with Crippen LogP contribution in [0.5, 0.6) is 0 Å². The van der Waals surface area contributed by atoms with E-state index in [-0.39, 0.29) is 10.8 Å². The Bertz CT molecular complexity index is 670. The normalized spacial score (nSPS) is 11.6. The standard InChI is InChI=1S/C14H18N4O2S/c1-11(2)16-9-12-6-7-14(17-10-12)21(19,20)18-13-5-3-4-8-15-13/h3-8,10-11,16H,9H2,1-2H3,(H,15,18). The first-order valence-corrected chi connectivity index (χ1v) is 8.08. The third kappa shape index (κ3) is 4.51. The van der Waals surface area contributed by atoms with E-state index in [0.29, 0.717) is 12.6 Å². The third-order valence-corrected chi connectivity index (χ3v) is 3.96. The van der Waals surface area contributed by atoms with Gasteiger partial charge in [-0.1, -0.05) is 26.0 Å². The maximum atomic E-state index is 12.1. The first-order valence-electron chi connectivity index (χ1n) is 6.59. The number of nitrogens with one attached hydrogen (secondary N) is 2. The molecule has 0 amide bonds. The smallest absolute Gasteiger partial charge is 0.280 e. The van der Waals surface area contributed by atoms with Gasteiger partial charge in [-0.15, -0.1) is 0 Å². The summed E-state index contributed by atoms with van der Waals surface area (Å²) >= 11 is 0. The van der Waals surface area contributed by atoms with Crippen LogP contribution in [0.25, 0.3) is 0 Å². The Morgan fingerprint density at radius 2 is 1.95 bits per heavy atom. The summed E-state index contributed by atoms with van der Waals surface area (Å²) in [5.74, 6) is 0.268. The fourth-order valence-corrected chi connectivity index (χ4v) is 2.55. The molecule has 6 nitrogen and oxygen atoms in total. The Morgan fingerprint density at radius 1 is 1.14 bits per heavy atom. The lowest BCUT2D eigenvalue weighted by Crippen LogP contribution is -2.22. The molecule has 7 heteroatoms. The van der Waals surface area contributed by atoms with Crippen LogP contribution in [-0.4, -0.2) is 24.4 Å². The summed E-state index contributed by atoms with van der Waals surface area (Å²) in [7, 11) is -3.71. The van der Waals surface area contributed by atoms with Crippen molar-refractivity contribution in [1.82, 2.24) is 15.3 Å². The highest BCUT2D eigenvalue weighted by atomic mass is 32.2. The maximum absolute atomic E-state index is 12.1. The Labute approximate surface area is 124 Å². The fourth-order valence-electron chi connectivity index (χ4n) is 1.61. The molecule has 0 spiro atoms. The molecule has 112 valence electrons. The molecule has 21 heavy (non-hydrogen) atoms. The summed E-state index contributed by atoms with van der Waals surface area (Å²) in [6.07, 6.45) is 3.08. The zero-order valence-corrected chi connectivity index (χ0v) is 12.8. The fraction of sp³-hybridized carbons (Fsp3) is 0.286. The van der Waals surface area contributed by atoms with E-state index in [2.05, 4.69) is 20.0 Å². The van der Waals surface area contributed by atoms with Crippen LogP contribution in [0.1, 0.15) is 19.4 Å². The summed E-state index contributed by atoms with van der Waals surface area (Å²) < 4.78 is 26.7. The minimum atomic E-state index is -3.71. The Morgan fingerprint density at radius 3 is 2.52 bits per heavy atom. The van der Waals surface area contributed by atoms with Crippen LogP contribution in [0.4, 0.5) is 5.82 Å². The Kier molecular flexibility index (Phi) is 4.87. The van der Waals surface area contributed by atoms with Crippen molar-refractivity contribution in [2.75, 3.05) is 4.72 Å². The summed E-state index contributed by atoms with van der Waals surface area (Å²) in [6.45, 7) is 4.74. The highest BCUT2D eigenvalue weighted by molar-refractivity contribution is 7.92. The first kappa shape index (κ1) is 15.4. The second-order valence-corrected chi connectivity index (χ2v) is 6.49. The van der Waals surface area contributed by atoms with Gasteiger partial charge in [-0.2, -0.15) is 8.42 Å². The predicted octanol–water partition coefficient (Wildman–Crippen LogP) is 1.78. The van der Waals surface area contributed by atoms with Gasteiger partial charge in [0.25, 0.3) is 10.0 Å². The van der Waals surface area contributed by atoms with Crippen LogP contribution in [0.15, 0.2) is 47.8 Å². The van der Waals surface area contributed by atoms with Crippen LogP contribution in [0, 0.1) is 0 Å². The molecule has 2 aromatic heterocycles. The minimum Gasteiger partial charge on any atom is -0.310 e. The molecule has 0 fully saturated rings. The summed E-state index contributed by atoms with van der Waals surface area (Å²) in [5.41, 5.74) is 0.931. The van der Waals surface area contributed by atoms with E-state index < -0.39 is 10.0 Å². The van der Waals surface area contributed by atoms with Crippen molar-refractivity contribution in [3.05, 3.63) is 48.3 Å². The molecular weight excluding hydrogens is 288 g/mol. The zero-order chi connectivity index (χ0) is 15.3. The van der Waals surface area contributed by atoms with Gasteiger partial charge in [0, 0.05) is 25.0 Å². The second-order valence-electron chi connectivity index (χ2n) is 4.86. The van der Waals surface area contributed by atoms with Crippen molar-refractivity contribution in [3.8, 4) is 0 Å². The van der Waals surface area contributed by atoms with Crippen molar-refractivity contribution in [2.24, 2.45) is 0 Å². The van der Waals surface area contributed by atoms with Crippen LogP contribution >= 0.6 is 0 Å². The number of anilines is 1. The first-order chi connectivity index (χ1) is 9.97. The van der Waals surface area contributed by atoms with E-state index in [0.717, 1.165) is 5.56 Å².